The molecule has 1 aromatic heterocycles. The zero-order chi connectivity index (χ0) is 16.0. The van der Waals surface area contributed by atoms with Gasteiger partial charge in [-0.15, -0.1) is 0 Å². The van der Waals surface area contributed by atoms with E-state index >= 15 is 0 Å². The first-order chi connectivity index (χ1) is 11.1. The minimum Gasteiger partial charge on any atom is -0.459 e. The number of furan rings is 1. The van der Waals surface area contributed by atoms with Crippen molar-refractivity contribution in [2.75, 3.05) is 19.6 Å². The fourth-order valence-electron chi connectivity index (χ4n) is 4.26. The van der Waals surface area contributed by atoms with Gasteiger partial charge in [-0.1, -0.05) is 6.42 Å². The standard InChI is InChI=1S/C18H24N2O3/c1-12-7-15(23-11-12)16(21)19-8-13-9-20(10-13)17(22)14-3-2-4-18(14)5-6-18/h7,11,13-14H,2-6,8-10H2,1H3,(H,19,21). The number of likely N-dealkylation sites (tertiary alicyclic amines) is 1. The number of hydrogen-bond acceptors (Lipinski definition) is 3. The van der Waals surface area contributed by atoms with Gasteiger partial charge in [0, 0.05) is 31.5 Å². The Labute approximate surface area is 136 Å². The molecular formula is C18H24N2O3. The summed E-state index contributed by atoms with van der Waals surface area (Å²) in [5, 5.41) is 2.90. The van der Waals surface area contributed by atoms with E-state index in [0.717, 1.165) is 25.1 Å². The summed E-state index contributed by atoms with van der Waals surface area (Å²) in [4.78, 5) is 26.5. The van der Waals surface area contributed by atoms with E-state index in [1.807, 2.05) is 11.8 Å². The van der Waals surface area contributed by atoms with Crippen LogP contribution in [0.15, 0.2) is 16.7 Å². The van der Waals surface area contributed by atoms with Crippen molar-refractivity contribution < 1.29 is 14.0 Å². The molecule has 1 aromatic rings. The van der Waals surface area contributed by atoms with Gasteiger partial charge in [0.05, 0.1) is 6.26 Å². The molecule has 23 heavy (non-hydrogen) atoms. The lowest BCUT2D eigenvalue weighted by atomic mass is 9.89. The molecule has 1 N–H and O–H groups in total. The molecule has 0 aromatic carbocycles. The maximum Gasteiger partial charge on any atom is 0.286 e. The van der Waals surface area contributed by atoms with Crippen LogP contribution in [0.4, 0.5) is 0 Å². The first-order valence-electron chi connectivity index (χ1n) is 8.69. The van der Waals surface area contributed by atoms with Crippen LogP contribution in [0.5, 0.6) is 0 Å². The highest BCUT2D eigenvalue weighted by Crippen LogP contribution is 2.61. The third-order valence-corrected chi connectivity index (χ3v) is 5.87. The molecule has 1 spiro atoms. The van der Waals surface area contributed by atoms with E-state index in [-0.39, 0.29) is 11.8 Å². The largest absolute Gasteiger partial charge is 0.459 e. The summed E-state index contributed by atoms with van der Waals surface area (Å²) in [5.41, 5.74) is 1.33. The third-order valence-electron chi connectivity index (χ3n) is 5.87. The number of rotatable bonds is 4. The third kappa shape index (κ3) is 2.66. The van der Waals surface area contributed by atoms with Crippen LogP contribution in [0, 0.1) is 24.2 Å². The summed E-state index contributed by atoms with van der Waals surface area (Å²) in [6, 6.07) is 1.74. The van der Waals surface area contributed by atoms with Crippen LogP contribution < -0.4 is 5.32 Å². The maximum atomic E-state index is 12.6. The minimum absolute atomic E-state index is 0.171. The van der Waals surface area contributed by atoms with E-state index in [2.05, 4.69) is 5.32 Å². The summed E-state index contributed by atoms with van der Waals surface area (Å²) in [7, 11) is 0. The van der Waals surface area contributed by atoms with Gasteiger partial charge in [0.15, 0.2) is 5.76 Å². The Bertz CT molecular complexity index is 626. The summed E-state index contributed by atoms with van der Waals surface area (Å²) in [6.07, 6.45) is 7.62. The normalized spacial score (nSPS) is 25.4. The van der Waals surface area contributed by atoms with Crippen molar-refractivity contribution >= 4 is 11.8 Å². The molecule has 2 amide bonds. The van der Waals surface area contributed by atoms with Crippen molar-refractivity contribution in [1.29, 1.82) is 0 Å². The number of carbonyl (C=O) groups is 2. The highest BCUT2D eigenvalue weighted by atomic mass is 16.3. The Kier molecular flexibility index (Phi) is 3.47. The lowest BCUT2D eigenvalue weighted by Gasteiger charge is -2.41. The zero-order valence-electron chi connectivity index (χ0n) is 13.6. The summed E-state index contributed by atoms with van der Waals surface area (Å²) < 4.78 is 5.19. The second-order valence-electron chi connectivity index (χ2n) is 7.61. The molecule has 124 valence electrons. The Morgan fingerprint density at radius 2 is 2.13 bits per heavy atom. The van der Waals surface area contributed by atoms with Gasteiger partial charge in [0.2, 0.25) is 5.91 Å². The Morgan fingerprint density at radius 1 is 1.35 bits per heavy atom. The molecule has 4 rings (SSSR count). The average molecular weight is 316 g/mol. The smallest absolute Gasteiger partial charge is 0.286 e. The van der Waals surface area contributed by atoms with E-state index in [4.69, 9.17) is 4.42 Å². The van der Waals surface area contributed by atoms with Crippen molar-refractivity contribution in [3.8, 4) is 0 Å². The summed E-state index contributed by atoms with van der Waals surface area (Å²) in [6.45, 7) is 4.06. The predicted octanol–water partition coefficient (Wildman–Crippen LogP) is 2.36. The number of amides is 2. The van der Waals surface area contributed by atoms with Crippen LogP contribution in [-0.2, 0) is 4.79 Å². The fourth-order valence-corrected chi connectivity index (χ4v) is 4.26. The molecule has 0 radical (unpaired) electrons. The van der Waals surface area contributed by atoms with Crippen molar-refractivity contribution in [2.24, 2.45) is 17.3 Å². The maximum absolute atomic E-state index is 12.6. The van der Waals surface area contributed by atoms with Crippen molar-refractivity contribution in [1.82, 2.24) is 10.2 Å². The quantitative estimate of drug-likeness (QED) is 0.927. The highest BCUT2D eigenvalue weighted by Gasteiger charge is 2.56. The van der Waals surface area contributed by atoms with Gasteiger partial charge in [0.1, 0.15) is 0 Å². The van der Waals surface area contributed by atoms with Crippen molar-refractivity contribution in [2.45, 2.75) is 39.0 Å². The SMILES string of the molecule is Cc1coc(C(=O)NCC2CN(C(=O)C3CCCC34CC4)C2)c1. The van der Waals surface area contributed by atoms with Gasteiger partial charge >= 0.3 is 0 Å². The molecule has 2 saturated carbocycles. The van der Waals surface area contributed by atoms with Crippen molar-refractivity contribution in [3.05, 3.63) is 23.7 Å². The fraction of sp³-hybridized carbons (Fsp3) is 0.667. The Balaban J connectivity index is 1.22. The average Bonchev–Trinajstić information content (AvgIpc) is 2.91. The molecule has 1 unspecified atom stereocenters. The number of aryl methyl sites for hydroxylation is 1. The van der Waals surface area contributed by atoms with E-state index in [1.165, 1.54) is 25.7 Å². The monoisotopic (exact) mass is 316 g/mol. The molecule has 1 aliphatic heterocycles. The Morgan fingerprint density at radius 3 is 2.78 bits per heavy atom. The van der Waals surface area contributed by atoms with Crippen LogP contribution in [0.25, 0.3) is 0 Å². The number of carbonyl (C=O) groups excluding carboxylic acids is 2. The first kappa shape index (κ1) is 14.8. The molecule has 5 heteroatoms. The van der Waals surface area contributed by atoms with E-state index in [1.54, 1.807) is 12.3 Å². The highest BCUT2D eigenvalue weighted by molar-refractivity contribution is 5.91. The van der Waals surface area contributed by atoms with Gasteiger partial charge in [-0.2, -0.15) is 0 Å². The summed E-state index contributed by atoms with van der Waals surface area (Å²) >= 11 is 0. The van der Waals surface area contributed by atoms with Crippen LogP contribution in [0.2, 0.25) is 0 Å². The minimum atomic E-state index is -0.171. The predicted molar refractivity (Wildman–Crippen MR) is 84.9 cm³/mol. The van der Waals surface area contributed by atoms with Gasteiger partial charge in [0.25, 0.3) is 5.91 Å². The molecule has 0 bridgehead atoms. The molecule has 3 aliphatic rings. The van der Waals surface area contributed by atoms with Gasteiger partial charge in [-0.05, 0) is 49.7 Å². The molecule has 2 aliphatic carbocycles. The van der Waals surface area contributed by atoms with E-state index in [9.17, 15) is 9.59 Å². The first-order valence-corrected chi connectivity index (χ1v) is 8.69. The molecule has 3 fully saturated rings. The van der Waals surface area contributed by atoms with Crippen LogP contribution >= 0.6 is 0 Å². The van der Waals surface area contributed by atoms with Crippen molar-refractivity contribution in [3.63, 3.8) is 0 Å². The second kappa shape index (κ2) is 5.39. The molecule has 5 nitrogen and oxygen atoms in total. The van der Waals surface area contributed by atoms with Gasteiger partial charge in [-0.3, -0.25) is 9.59 Å². The lowest BCUT2D eigenvalue weighted by Crippen LogP contribution is -2.55. The lowest BCUT2D eigenvalue weighted by molar-refractivity contribution is -0.143. The van der Waals surface area contributed by atoms with Crippen LogP contribution in [0.3, 0.4) is 0 Å². The summed E-state index contributed by atoms with van der Waals surface area (Å²) in [5.74, 6) is 1.20. The molecule has 1 atom stereocenters. The molecular weight excluding hydrogens is 292 g/mol. The van der Waals surface area contributed by atoms with Crippen LogP contribution in [-0.4, -0.2) is 36.3 Å². The number of nitrogens with zero attached hydrogens (tertiary/aromatic N) is 1. The van der Waals surface area contributed by atoms with E-state index in [0.29, 0.717) is 29.5 Å². The van der Waals surface area contributed by atoms with Crippen LogP contribution in [0.1, 0.15) is 48.2 Å². The topological polar surface area (TPSA) is 62.6 Å². The number of hydrogen-bond donors (Lipinski definition) is 1. The van der Waals surface area contributed by atoms with Gasteiger partial charge < -0.3 is 14.6 Å². The zero-order valence-corrected chi connectivity index (χ0v) is 13.6. The molecule has 2 heterocycles. The van der Waals surface area contributed by atoms with Gasteiger partial charge in [-0.25, -0.2) is 0 Å². The Hall–Kier alpha value is -1.78. The molecule has 1 saturated heterocycles. The second-order valence-corrected chi connectivity index (χ2v) is 7.61. The number of nitrogens with one attached hydrogen (secondary N) is 1. The van der Waals surface area contributed by atoms with E-state index < -0.39 is 0 Å².